The van der Waals surface area contributed by atoms with Crippen molar-refractivity contribution in [3.63, 3.8) is 0 Å². The molecule has 0 saturated heterocycles. The molecule has 0 aliphatic carbocycles. The smallest absolute Gasteiger partial charge is 0.138 e. The van der Waals surface area contributed by atoms with Gasteiger partial charge in [0.05, 0.1) is 0 Å². The van der Waals surface area contributed by atoms with Crippen LogP contribution in [0.3, 0.4) is 0 Å². The average Bonchev–Trinajstić information content (AvgIpc) is 1.85. The summed E-state index contributed by atoms with van der Waals surface area (Å²) in [6.45, 7) is 7.43. The molecule has 0 aromatic carbocycles. The van der Waals surface area contributed by atoms with Gasteiger partial charge in [0, 0.05) is 12.8 Å². The molecule has 3 N–H and O–H groups in total. The number of carboxylic acid groups (broad SMARTS) is 1. The first-order valence-electron chi connectivity index (χ1n) is 4.10. The Hall–Kier alpha value is -0.830. The van der Waals surface area contributed by atoms with Crippen molar-refractivity contribution < 1.29 is 15.6 Å². The van der Waals surface area contributed by atoms with Crippen LogP contribution < -0.4 is 10.8 Å². The van der Waals surface area contributed by atoms with Gasteiger partial charge in [-0.05, 0) is 5.92 Å². The lowest BCUT2D eigenvalue weighted by Gasteiger charge is -2.27. The van der Waals surface area contributed by atoms with Crippen molar-refractivity contribution in [2.75, 3.05) is 0 Å². The molecule has 0 heterocycles. The Morgan fingerprint density at radius 3 is 2.50 bits per heavy atom. The second kappa shape index (κ2) is 4.26. The Morgan fingerprint density at radius 2 is 2.25 bits per heavy atom. The van der Waals surface area contributed by atoms with E-state index < -0.39 is 11.5 Å². The summed E-state index contributed by atoms with van der Waals surface area (Å²) < 4.78 is 0. The molecule has 0 fully saturated rings. The zero-order valence-corrected chi connectivity index (χ0v) is 7.80. The van der Waals surface area contributed by atoms with Gasteiger partial charge in [0.2, 0.25) is 0 Å². The quantitative estimate of drug-likeness (QED) is 0.558. The highest BCUT2D eigenvalue weighted by atomic mass is 16.4. The lowest BCUT2D eigenvalue weighted by Crippen LogP contribution is -2.79. The fraction of sp³-hybridized carbons (Fsp3) is 0.667. The zero-order valence-electron chi connectivity index (χ0n) is 7.80. The molecule has 0 bridgehead atoms. The van der Waals surface area contributed by atoms with Gasteiger partial charge in [-0.1, -0.05) is 19.9 Å². The van der Waals surface area contributed by atoms with E-state index in [4.69, 9.17) is 0 Å². The van der Waals surface area contributed by atoms with Gasteiger partial charge in [-0.2, -0.15) is 0 Å². The Bertz CT molecular complexity index is 177. The van der Waals surface area contributed by atoms with Gasteiger partial charge in [-0.25, -0.2) is 0 Å². The van der Waals surface area contributed by atoms with E-state index >= 15 is 0 Å². The molecule has 0 aromatic heterocycles. The normalized spacial score (nSPS) is 15.7. The number of carboxylic acids is 1. The molecule has 0 aliphatic heterocycles. The van der Waals surface area contributed by atoms with Crippen LogP contribution in [-0.4, -0.2) is 11.5 Å². The third-order valence-corrected chi connectivity index (χ3v) is 1.77. The first kappa shape index (κ1) is 11.2. The second-order valence-electron chi connectivity index (χ2n) is 3.66. The van der Waals surface area contributed by atoms with Crippen LogP contribution in [0.4, 0.5) is 0 Å². The summed E-state index contributed by atoms with van der Waals surface area (Å²) in [5.74, 6) is -0.781. The minimum Gasteiger partial charge on any atom is -0.544 e. The molecule has 3 heteroatoms. The van der Waals surface area contributed by atoms with Crippen LogP contribution in [0.1, 0.15) is 26.7 Å². The number of rotatable bonds is 5. The van der Waals surface area contributed by atoms with Crippen LogP contribution in [0.25, 0.3) is 0 Å². The lowest BCUT2D eigenvalue weighted by molar-refractivity contribution is -0.488. The van der Waals surface area contributed by atoms with Gasteiger partial charge >= 0.3 is 0 Å². The Labute approximate surface area is 73.3 Å². The lowest BCUT2D eigenvalue weighted by atomic mass is 9.87. The molecule has 0 amide bonds. The molecule has 0 spiro atoms. The first-order valence-corrected chi connectivity index (χ1v) is 4.10. The molecule has 0 aliphatic rings. The molecule has 1 atom stereocenters. The van der Waals surface area contributed by atoms with Crippen LogP contribution in [0.5, 0.6) is 0 Å². The van der Waals surface area contributed by atoms with Crippen LogP contribution in [-0.2, 0) is 4.79 Å². The molecule has 0 radical (unpaired) electrons. The SMILES string of the molecule is C=CC[C@@]([NH3+])(CC(C)C)C(=O)[O-]. The van der Waals surface area contributed by atoms with Crippen molar-refractivity contribution >= 4 is 5.97 Å². The van der Waals surface area contributed by atoms with Crippen molar-refractivity contribution in [2.45, 2.75) is 32.2 Å². The van der Waals surface area contributed by atoms with Crippen molar-refractivity contribution in [3.8, 4) is 0 Å². The molecule has 3 nitrogen and oxygen atoms in total. The number of aliphatic carboxylic acids is 1. The molecule has 0 rings (SSSR count). The number of hydrogen-bond acceptors (Lipinski definition) is 2. The largest absolute Gasteiger partial charge is 0.544 e. The fourth-order valence-corrected chi connectivity index (χ4v) is 1.31. The number of hydrogen-bond donors (Lipinski definition) is 1. The van der Waals surface area contributed by atoms with Gasteiger partial charge in [-0.15, -0.1) is 6.58 Å². The van der Waals surface area contributed by atoms with E-state index in [0.717, 1.165) is 0 Å². The summed E-state index contributed by atoms with van der Waals surface area (Å²) in [5.41, 5.74) is 2.68. The van der Waals surface area contributed by atoms with Gasteiger partial charge in [0.1, 0.15) is 11.5 Å². The highest BCUT2D eigenvalue weighted by Gasteiger charge is 2.30. The van der Waals surface area contributed by atoms with Crippen LogP contribution >= 0.6 is 0 Å². The van der Waals surface area contributed by atoms with E-state index in [-0.39, 0.29) is 0 Å². The summed E-state index contributed by atoms with van der Waals surface area (Å²) in [5, 5.41) is 10.7. The minimum absolute atomic E-state index is 0.306. The summed E-state index contributed by atoms with van der Waals surface area (Å²) >= 11 is 0. The van der Waals surface area contributed by atoms with Crippen LogP contribution in [0, 0.1) is 5.92 Å². The topological polar surface area (TPSA) is 67.8 Å². The maximum atomic E-state index is 10.7. The predicted molar refractivity (Wildman–Crippen MR) is 44.9 cm³/mol. The maximum absolute atomic E-state index is 10.7. The molecule has 0 aromatic rings. The van der Waals surface area contributed by atoms with Gasteiger partial charge in [0.25, 0.3) is 0 Å². The van der Waals surface area contributed by atoms with E-state index in [9.17, 15) is 9.90 Å². The van der Waals surface area contributed by atoms with E-state index in [0.29, 0.717) is 18.8 Å². The number of carbonyl (C=O) groups excluding carboxylic acids is 1. The minimum atomic E-state index is -1.09. The summed E-state index contributed by atoms with van der Waals surface area (Å²) in [7, 11) is 0. The third kappa shape index (κ3) is 3.05. The molecule has 0 unspecified atom stereocenters. The predicted octanol–water partition coefficient (Wildman–Crippen LogP) is -0.661. The highest BCUT2D eigenvalue weighted by molar-refractivity contribution is 5.74. The van der Waals surface area contributed by atoms with Crippen molar-refractivity contribution in [2.24, 2.45) is 5.92 Å². The molecule has 70 valence electrons. The number of quaternary nitrogens is 1. The molecular weight excluding hydrogens is 154 g/mol. The third-order valence-electron chi connectivity index (χ3n) is 1.77. The average molecular weight is 171 g/mol. The maximum Gasteiger partial charge on any atom is 0.138 e. The monoisotopic (exact) mass is 171 g/mol. The van der Waals surface area contributed by atoms with Crippen molar-refractivity contribution in [1.82, 2.24) is 0 Å². The van der Waals surface area contributed by atoms with E-state index in [1.54, 1.807) is 6.08 Å². The van der Waals surface area contributed by atoms with Crippen molar-refractivity contribution in [3.05, 3.63) is 12.7 Å². The number of carbonyl (C=O) groups is 1. The highest BCUT2D eigenvalue weighted by Crippen LogP contribution is 2.15. The summed E-state index contributed by atoms with van der Waals surface area (Å²) in [6, 6.07) is 0. The van der Waals surface area contributed by atoms with E-state index in [1.165, 1.54) is 0 Å². The fourth-order valence-electron chi connectivity index (χ4n) is 1.31. The molecular formula is C9H17NO2. The van der Waals surface area contributed by atoms with E-state index in [1.807, 2.05) is 13.8 Å². The Balaban J connectivity index is 4.38. The van der Waals surface area contributed by atoms with Crippen LogP contribution in [0.15, 0.2) is 12.7 Å². The Morgan fingerprint density at radius 1 is 1.75 bits per heavy atom. The standard InChI is InChI=1S/C9H17NO2/c1-4-5-9(10,8(11)12)6-7(2)3/h4,7H,1,5-6,10H2,2-3H3,(H,11,12)/t9-/m1/s1. The zero-order chi connectivity index (χ0) is 9.78. The summed E-state index contributed by atoms with van der Waals surface area (Å²) in [6.07, 6.45) is 2.47. The van der Waals surface area contributed by atoms with E-state index in [2.05, 4.69) is 12.3 Å². The summed E-state index contributed by atoms with van der Waals surface area (Å²) in [4.78, 5) is 10.7. The molecule has 0 saturated carbocycles. The van der Waals surface area contributed by atoms with Gasteiger partial charge in [0.15, 0.2) is 0 Å². The van der Waals surface area contributed by atoms with Crippen molar-refractivity contribution in [1.29, 1.82) is 0 Å². The van der Waals surface area contributed by atoms with Crippen LogP contribution in [0.2, 0.25) is 0 Å². The molecule has 12 heavy (non-hydrogen) atoms. The Kier molecular flexibility index (Phi) is 3.96. The van der Waals surface area contributed by atoms with Gasteiger partial charge in [-0.3, -0.25) is 0 Å². The first-order chi connectivity index (χ1) is 5.42. The van der Waals surface area contributed by atoms with Gasteiger partial charge < -0.3 is 15.6 Å². The second-order valence-corrected chi connectivity index (χ2v) is 3.66.